The smallest absolute Gasteiger partial charge is 0.179 e. The highest BCUT2D eigenvalue weighted by atomic mass is 32.1. The van der Waals surface area contributed by atoms with Crippen LogP contribution in [0.3, 0.4) is 0 Å². The molecule has 0 spiro atoms. The number of aromatic amines is 1. The van der Waals surface area contributed by atoms with Gasteiger partial charge in [-0.05, 0) is 52.0 Å². The van der Waals surface area contributed by atoms with Gasteiger partial charge in [0.15, 0.2) is 10.4 Å². The van der Waals surface area contributed by atoms with Crippen LogP contribution in [0, 0.1) is 11.7 Å². The van der Waals surface area contributed by atoms with Gasteiger partial charge >= 0.3 is 0 Å². The lowest BCUT2D eigenvalue weighted by molar-refractivity contribution is 0.322. The predicted molar refractivity (Wildman–Crippen MR) is 79.0 cm³/mol. The molecule has 2 aromatic heterocycles. The van der Waals surface area contributed by atoms with Gasteiger partial charge in [0.05, 0.1) is 5.69 Å². The topological polar surface area (TPSA) is 41.8 Å². The number of hydrogen-bond acceptors (Lipinski definition) is 3. The van der Waals surface area contributed by atoms with E-state index in [1.807, 2.05) is 11.6 Å². The first-order valence-electron chi connectivity index (χ1n) is 7.09. The van der Waals surface area contributed by atoms with Gasteiger partial charge in [-0.3, -0.25) is 0 Å². The summed E-state index contributed by atoms with van der Waals surface area (Å²) in [5.74, 6) is 0. The molecule has 19 heavy (non-hydrogen) atoms. The van der Waals surface area contributed by atoms with Crippen LogP contribution in [-0.2, 0) is 13.1 Å². The molecule has 0 unspecified atom stereocenters. The first-order chi connectivity index (χ1) is 9.20. The number of aryl methyl sites for hydroxylation is 2. The average molecular weight is 279 g/mol. The molecule has 0 bridgehead atoms. The summed E-state index contributed by atoms with van der Waals surface area (Å²) >= 11 is 5.46. The molecule has 1 aliphatic rings. The number of likely N-dealkylation sites (tertiary alicyclic amines) is 1. The Balaban J connectivity index is 1.92. The van der Waals surface area contributed by atoms with E-state index in [1.54, 1.807) is 0 Å². The molecule has 104 valence electrons. The first-order valence-corrected chi connectivity index (χ1v) is 7.50. The van der Waals surface area contributed by atoms with Crippen LogP contribution in [0.25, 0.3) is 11.2 Å². The predicted octanol–water partition coefficient (Wildman–Crippen LogP) is 2.32. The molecule has 0 saturated carbocycles. The van der Waals surface area contributed by atoms with E-state index in [2.05, 4.69) is 26.5 Å². The minimum atomic E-state index is 0.817. The molecule has 2 aromatic rings. The van der Waals surface area contributed by atoms with Crippen molar-refractivity contribution in [3.8, 4) is 0 Å². The third kappa shape index (κ3) is 2.23. The van der Waals surface area contributed by atoms with Crippen LogP contribution >= 0.6 is 12.2 Å². The van der Waals surface area contributed by atoms with Gasteiger partial charge in [0.2, 0.25) is 0 Å². The Hall–Kier alpha value is -1.14. The highest BCUT2D eigenvalue weighted by Gasteiger charge is 2.16. The van der Waals surface area contributed by atoms with Crippen LogP contribution < -0.4 is 0 Å². The van der Waals surface area contributed by atoms with Gasteiger partial charge in [-0.25, -0.2) is 4.68 Å². The van der Waals surface area contributed by atoms with Crippen molar-refractivity contribution in [3.05, 3.63) is 10.5 Å². The zero-order valence-corrected chi connectivity index (χ0v) is 12.5. The summed E-state index contributed by atoms with van der Waals surface area (Å²) in [6.07, 6.45) is 2.67. The van der Waals surface area contributed by atoms with E-state index >= 15 is 0 Å². The summed E-state index contributed by atoms with van der Waals surface area (Å²) in [6.45, 7) is 9.51. The summed E-state index contributed by atoms with van der Waals surface area (Å²) in [5.41, 5.74) is 3.26. The molecule has 1 fully saturated rings. The second-order valence-electron chi connectivity index (χ2n) is 5.23. The summed E-state index contributed by atoms with van der Waals surface area (Å²) in [6, 6.07) is 0. The lowest BCUT2D eigenvalue weighted by Gasteiger charge is -2.15. The van der Waals surface area contributed by atoms with E-state index in [0.717, 1.165) is 41.3 Å². The molecule has 5 nitrogen and oxygen atoms in total. The standard InChI is InChI=1S/C13H21N5S/c1-3-18-12-11(10(2)15-18)14-13(19)17(12)9-8-16-6-4-5-7-16/h3-9H2,1-2H3,(H,14,19). The number of fused-ring (bicyclic) bond motifs is 1. The number of H-pyrrole nitrogens is 1. The molecule has 0 atom stereocenters. The van der Waals surface area contributed by atoms with Gasteiger partial charge in [-0.1, -0.05) is 0 Å². The maximum Gasteiger partial charge on any atom is 0.179 e. The lowest BCUT2D eigenvalue weighted by Crippen LogP contribution is -2.24. The number of aromatic nitrogens is 4. The molecule has 0 aliphatic carbocycles. The number of rotatable bonds is 4. The van der Waals surface area contributed by atoms with E-state index < -0.39 is 0 Å². The molecular weight excluding hydrogens is 258 g/mol. The van der Waals surface area contributed by atoms with E-state index in [9.17, 15) is 0 Å². The van der Waals surface area contributed by atoms with Crippen molar-refractivity contribution in [2.45, 2.75) is 39.8 Å². The molecular formula is C13H21N5S. The van der Waals surface area contributed by atoms with Crippen LogP contribution in [0.15, 0.2) is 0 Å². The van der Waals surface area contributed by atoms with Crippen LogP contribution in [-0.4, -0.2) is 43.9 Å². The Morgan fingerprint density at radius 2 is 2.00 bits per heavy atom. The van der Waals surface area contributed by atoms with Crippen molar-refractivity contribution in [1.82, 2.24) is 24.2 Å². The lowest BCUT2D eigenvalue weighted by atomic mass is 10.4. The van der Waals surface area contributed by atoms with Crippen molar-refractivity contribution < 1.29 is 0 Å². The van der Waals surface area contributed by atoms with Crippen LogP contribution in [0.1, 0.15) is 25.5 Å². The van der Waals surface area contributed by atoms with E-state index in [4.69, 9.17) is 12.2 Å². The van der Waals surface area contributed by atoms with Crippen LogP contribution in [0.4, 0.5) is 0 Å². The van der Waals surface area contributed by atoms with Crippen LogP contribution in [0.5, 0.6) is 0 Å². The third-order valence-corrected chi connectivity index (χ3v) is 4.29. The number of hydrogen-bond donors (Lipinski definition) is 1. The van der Waals surface area contributed by atoms with Crippen molar-refractivity contribution >= 4 is 23.4 Å². The number of nitrogens with one attached hydrogen (secondary N) is 1. The normalized spacial score (nSPS) is 16.7. The minimum Gasteiger partial charge on any atom is -0.328 e. The Kier molecular flexibility index (Phi) is 3.45. The average Bonchev–Trinajstić information content (AvgIpc) is 3.06. The Morgan fingerprint density at radius 3 is 2.68 bits per heavy atom. The third-order valence-electron chi connectivity index (χ3n) is 3.97. The fraction of sp³-hybridized carbons (Fsp3) is 0.692. The fourth-order valence-electron chi connectivity index (χ4n) is 2.94. The number of imidazole rings is 1. The van der Waals surface area contributed by atoms with Gasteiger partial charge in [-0.2, -0.15) is 5.10 Å². The molecule has 6 heteroatoms. The summed E-state index contributed by atoms with van der Waals surface area (Å²) in [4.78, 5) is 5.82. The molecule has 1 saturated heterocycles. The van der Waals surface area contributed by atoms with Crippen molar-refractivity contribution in [2.75, 3.05) is 19.6 Å². The maximum absolute atomic E-state index is 5.46. The maximum atomic E-state index is 5.46. The largest absolute Gasteiger partial charge is 0.328 e. The monoisotopic (exact) mass is 279 g/mol. The SMILES string of the molecule is CCn1nc(C)c2[nH]c(=S)n(CCN3CCCC3)c21. The Bertz CT molecular complexity index is 629. The van der Waals surface area contributed by atoms with Gasteiger partial charge in [0, 0.05) is 19.6 Å². The second-order valence-corrected chi connectivity index (χ2v) is 5.62. The molecule has 3 heterocycles. The molecule has 0 aromatic carbocycles. The second kappa shape index (κ2) is 5.09. The first kappa shape index (κ1) is 12.9. The number of nitrogens with zero attached hydrogens (tertiary/aromatic N) is 4. The van der Waals surface area contributed by atoms with Crippen molar-refractivity contribution in [2.24, 2.45) is 0 Å². The molecule has 3 rings (SSSR count). The van der Waals surface area contributed by atoms with Crippen LogP contribution in [0.2, 0.25) is 0 Å². The summed E-state index contributed by atoms with van der Waals surface area (Å²) in [7, 11) is 0. The highest BCUT2D eigenvalue weighted by Crippen LogP contribution is 2.18. The molecule has 0 amide bonds. The van der Waals surface area contributed by atoms with Gasteiger partial charge < -0.3 is 14.5 Å². The van der Waals surface area contributed by atoms with Gasteiger partial charge in [0.1, 0.15) is 5.52 Å². The zero-order valence-electron chi connectivity index (χ0n) is 11.6. The summed E-state index contributed by atoms with van der Waals surface area (Å²) < 4.78 is 5.06. The fourth-order valence-corrected chi connectivity index (χ4v) is 3.22. The molecule has 1 N–H and O–H groups in total. The zero-order chi connectivity index (χ0) is 13.4. The van der Waals surface area contributed by atoms with E-state index in [0.29, 0.717) is 0 Å². The van der Waals surface area contributed by atoms with Crippen molar-refractivity contribution in [3.63, 3.8) is 0 Å². The van der Waals surface area contributed by atoms with Gasteiger partial charge in [0.25, 0.3) is 0 Å². The van der Waals surface area contributed by atoms with E-state index in [-0.39, 0.29) is 0 Å². The highest BCUT2D eigenvalue weighted by molar-refractivity contribution is 7.71. The van der Waals surface area contributed by atoms with Crippen molar-refractivity contribution in [1.29, 1.82) is 0 Å². The van der Waals surface area contributed by atoms with E-state index in [1.165, 1.54) is 25.9 Å². The minimum absolute atomic E-state index is 0.817. The molecule has 1 aliphatic heterocycles. The Morgan fingerprint density at radius 1 is 1.26 bits per heavy atom. The van der Waals surface area contributed by atoms with Gasteiger partial charge in [-0.15, -0.1) is 0 Å². The Labute approximate surface area is 118 Å². The quantitative estimate of drug-likeness (QED) is 0.873. The summed E-state index contributed by atoms with van der Waals surface area (Å²) in [5, 5.41) is 4.55. The molecule has 0 radical (unpaired) electrons.